The highest BCUT2D eigenvalue weighted by Crippen LogP contribution is 2.04. The number of aromatic nitrogens is 1. The van der Waals surface area contributed by atoms with Crippen molar-refractivity contribution in [3.05, 3.63) is 29.8 Å². The predicted octanol–water partition coefficient (Wildman–Crippen LogP) is 1.95. The van der Waals surface area contributed by atoms with Crippen LogP contribution in [0.4, 0.5) is 4.39 Å². The molecule has 3 nitrogen and oxygen atoms in total. The second-order valence-corrected chi connectivity index (χ2v) is 4.55. The van der Waals surface area contributed by atoms with Gasteiger partial charge in [-0.2, -0.15) is 16.2 Å². The maximum atomic E-state index is 12.5. The number of hydrogen-bond acceptors (Lipinski definition) is 3. The second-order valence-electron chi connectivity index (χ2n) is 3.64. The molecule has 0 aliphatic heterocycles. The fourth-order valence-corrected chi connectivity index (χ4v) is 1.91. The van der Waals surface area contributed by atoms with Crippen molar-refractivity contribution in [3.63, 3.8) is 0 Å². The number of carbonyl (C=O) groups excluding carboxylic acids is 1. The first-order chi connectivity index (χ1) is 7.63. The fraction of sp³-hybridized carbons (Fsp3) is 0.455. The Hall–Kier alpha value is -1.10. The lowest BCUT2D eigenvalue weighted by Gasteiger charge is -2.10. The molecule has 0 aliphatic rings. The summed E-state index contributed by atoms with van der Waals surface area (Å²) < 4.78 is 12.5. The van der Waals surface area contributed by atoms with Crippen molar-refractivity contribution >= 4 is 17.7 Å². The molecule has 0 saturated carbocycles. The van der Waals surface area contributed by atoms with Gasteiger partial charge in [-0.25, -0.2) is 4.98 Å². The zero-order valence-electron chi connectivity index (χ0n) is 9.37. The molecule has 1 rings (SSSR count). The zero-order valence-corrected chi connectivity index (χ0v) is 10.2. The van der Waals surface area contributed by atoms with Gasteiger partial charge in [-0.05, 0) is 30.1 Å². The van der Waals surface area contributed by atoms with Crippen LogP contribution in [0, 0.1) is 11.9 Å². The molecule has 16 heavy (non-hydrogen) atoms. The van der Waals surface area contributed by atoms with E-state index in [1.807, 2.05) is 6.26 Å². The Morgan fingerprint density at radius 2 is 2.38 bits per heavy atom. The Morgan fingerprint density at radius 3 is 2.94 bits per heavy atom. The number of amides is 1. The van der Waals surface area contributed by atoms with Crippen LogP contribution in [-0.4, -0.2) is 29.4 Å². The predicted molar refractivity (Wildman–Crippen MR) is 64.1 cm³/mol. The number of hydrogen-bond donors (Lipinski definition) is 1. The Kier molecular flexibility index (Phi) is 5.25. The molecule has 1 atom stereocenters. The maximum absolute atomic E-state index is 12.5. The van der Waals surface area contributed by atoms with E-state index in [0.717, 1.165) is 5.75 Å². The van der Waals surface area contributed by atoms with E-state index in [1.54, 1.807) is 11.8 Å². The lowest BCUT2D eigenvalue weighted by atomic mass is 10.2. The normalized spacial score (nSPS) is 12.2. The lowest BCUT2D eigenvalue weighted by molar-refractivity contribution is 0.0949. The van der Waals surface area contributed by atoms with E-state index < -0.39 is 5.95 Å². The largest absolute Gasteiger partial charge is 0.352 e. The summed E-state index contributed by atoms with van der Waals surface area (Å²) in [5.74, 6) is 0.641. The summed E-state index contributed by atoms with van der Waals surface area (Å²) in [6.07, 6.45) is 3.27. The third-order valence-electron chi connectivity index (χ3n) is 2.05. The molecule has 5 heteroatoms. The molecule has 0 aromatic carbocycles. The van der Waals surface area contributed by atoms with Gasteiger partial charge in [0.15, 0.2) is 0 Å². The van der Waals surface area contributed by atoms with Crippen molar-refractivity contribution in [3.8, 4) is 0 Å². The second kappa shape index (κ2) is 6.48. The van der Waals surface area contributed by atoms with Gasteiger partial charge in [0.1, 0.15) is 0 Å². The Bertz CT molecular complexity index is 342. The van der Waals surface area contributed by atoms with E-state index in [9.17, 15) is 9.18 Å². The molecule has 0 bridgehead atoms. The van der Waals surface area contributed by atoms with Crippen molar-refractivity contribution in [2.75, 3.05) is 18.6 Å². The third kappa shape index (κ3) is 4.18. The van der Waals surface area contributed by atoms with Crippen LogP contribution in [0.1, 0.15) is 17.3 Å². The van der Waals surface area contributed by atoms with Gasteiger partial charge in [-0.15, -0.1) is 0 Å². The van der Waals surface area contributed by atoms with Gasteiger partial charge in [0.05, 0.1) is 5.56 Å². The molecule has 1 N–H and O–H groups in total. The minimum Gasteiger partial charge on any atom is -0.352 e. The van der Waals surface area contributed by atoms with Crippen LogP contribution in [-0.2, 0) is 0 Å². The van der Waals surface area contributed by atoms with E-state index in [-0.39, 0.29) is 5.91 Å². The van der Waals surface area contributed by atoms with Gasteiger partial charge in [-0.1, -0.05) is 6.92 Å². The van der Waals surface area contributed by atoms with Crippen molar-refractivity contribution < 1.29 is 9.18 Å². The first-order valence-corrected chi connectivity index (χ1v) is 6.41. The van der Waals surface area contributed by atoms with Crippen LogP contribution in [0.5, 0.6) is 0 Å². The van der Waals surface area contributed by atoms with Gasteiger partial charge in [-0.3, -0.25) is 4.79 Å². The Morgan fingerprint density at radius 1 is 1.62 bits per heavy atom. The van der Waals surface area contributed by atoms with E-state index in [4.69, 9.17) is 0 Å². The number of nitrogens with zero attached hydrogens (tertiary/aromatic N) is 1. The van der Waals surface area contributed by atoms with E-state index >= 15 is 0 Å². The molecule has 0 aliphatic carbocycles. The van der Waals surface area contributed by atoms with Crippen molar-refractivity contribution in [1.29, 1.82) is 0 Å². The van der Waals surface area contributed by atoms with E-state index in [0.29, 0.717) is 18.0 Å². The fourth-order valence-electron chi connectivity index (χ4n) is 1.22. The highest BCUT2D eigenvalue weighted by molar-refractivity contribution is 7.98. The molecule has 1 amide bonds. The molecule has 0 spiro atoms. The third-order valence-corrected chi connectivity index (χ3v) is 2.95. The Labute approximate surface area is 98.8 Å². The molecule has 1 aromatic heterocycles. The molecule has 0 radical (unpaired) electrons. The number of carbonyl (C=O) groups is 1. The summed E-state index contributed by atoms with van der Waals surface area (Å²) >= 11 is 1.75. The van der Waals surface area contributed by atoms with Gasteiger partial charge >= 0.3 is 0 Å². The minimum absolute atomic E-state index is 0.208. The summed E-state index contributed by atoms with van der Waals surface area (Å²) in [6.45, 7) is 2.69. The van der Waals surface area contributed by atoms with E-state index in [1.165, 1.54) is 18.3 Å². The molecule has 0 fully saturated rings. The molecule has 88 valence electrons. The summed E-state index contributed by atoms with van der Waals surface area (Å²) in [6, 6.07) is 2.61. The topological polar surface area (TPSA) is 42.0 Å². The summed E-state index contributed by atoms with van der Waals surface area (Å²) in [5, 5.41) is 2.79. The van der Waals surface area contributed by atoms with Crippen LogP contribution in [0.2, 0.25) is 0 Å². The highest BCUT2D eigenvalue weighted by atomic mass is 32.2. The molecular formula is C11H15FN2OS. The molecular weight excluding hydrogens is 227 g/mol. The number of halogens is 1. The van der Waals surface area contributed by atoms with Crippen molar-refractivity contribution in [2.24, 2.45) is 5.92 Å². The monoisotopic (exact) mass is 242 g/mol. The minimum atomic E-state index is -0.577. The quantitative estimate of drug-likeness (QED) is 0.802. The standard InChI is InChI=1S/C11H15FN2OS/c1-8(7-16-2)5-14-11(15)9-3-4-10(12)13-6-9/h3-4,6,8H,5,7H2,1-2H3,(H,14,15). The van der Waals surface area contributed by atoms with Gasteiger partial charge in [0.2, 0.25) is 5.95 Å². The number of rotatable bonds is 5. The molecule has 1 aromatic rings. The maximum Gasteiger partial charge on any atom is 0.252 e. The first kappa shape index (κ1) is 13.0. The van der Waals surface area contributed by atoms with Crippen LogP contribution >= 0.6 is 11.8 Å². The number of thioether (sulfide) groups is 1. The summed E-state index contributed by atoms with van der Waals surface area (Å²) in [7, 11) is 0. The zero-order chi connectivity index (χ0) is 12.0. The molecule has 1 unspecified atom stereocenters. The smallest absolute Gasteiger partial charge is 0.252 e. The molecule has 0 saturated heterocycles. The van der Waals surface area contributed by atoms with Gasteiger partial charge < -0.3 is 5.32 Å². The average Bonchev–Trinajstić information content (AvgIpc) is 2.27. The van der Waals surface area contributed by atoms with Gasteiger partial charge in [0.25, 0.3) is 5.91 Å². The summed E-state index contributed by atoms with van der Waals surface area (Å²) in [4.78, 5) is 15.0. The highest BCUT2D eigenvalue weighted by Gasteiger charge is 2.07. The SMILES string of the molecule is CSCC(C)CNC(=O)c1ccc(F)nc1. The number of nitrogens with one attached hydrogen (secondary N) is 1. The van der Waals surface area contributed by atoms with Crippen LogP contribution < -0.4 is 5.32 Å². The summed E-state index contributed by atoms with van der Waals surface area (Å²) in [5.41, 5.74) is 0.387. The van der Waals surface area contributed by atoms with Crippen LogP contribution in [0.15, 0.2) is 18.3 Å². The number of pyridine rings is 1. The van der Waals surface area contributed by atoms with Gasteiger partial charge in [0, 0.05) is 12.7 Å². The lowest BCUT2D eigenvalue weighted by Crippen LogP contribution is -2.29. The van der Waals surface area contributed by atoms with Crippen LogP contribution in [0.25, 0.3) is 0 Å². The van der Waals surface area contributed by atoms with E-state index in [2.05, 4.69) is 17.2 Å². The Balaban J connectivity index is 2.43. The van der Waals surface area contributed by atoms with Crippen molar-refractivity contribution in [2.45, 2.75) is 6.92 Å². The van der Waals surface area contributed by atoms with Crippen LogP contribution in [0.3, 0.4) is 0 Å². The van der Waals surface area contributed by atoms with Crippen molar-refractivity contribution in [1.82, 2.24) is 10.3 Å². The molecule has 1 heterocycles. The first-order valence-electron chi connectivity index (χ1n) is 5.02. The average molecular weight is 242 g/mol.